The maximum atomic E-state index is 13.6. The van der Waals surface area contributed by atoms with E-state index in [-0.39, 0.29) is 11.9 Å². The Kier molecular flexibility index (Phi) is 6.11. The fourth-order valence-electron chi connectivity index (χ4n) is 4.65. The first-order chi connectivity index (χ1) is 16.2. The molecule has 2 aliphatic rings. The summed E-state index contributed by atoms with van der Waals surface area (Å²) in [6, 6.07) is 28.6. The third kappa shape index (κ3) is 4.49. The highest BCUT2D eigenvalue weighted by molar-refractivity contribution is 6.22. The van der Waals surface area contributed by atoms with Crippen LogP contribution in [0, 0.1) is 0 Å². The normalized spacial score (nSPS) is 18.6. The van der Waals surface area contributed by atoms with Gasteiger partial charge in [-0.05, 0) is 41.8 Å². The SMILES string of the molecule is CCc1cccc(N2C(=O)C(Cc3ccccc3)N=C2N2CCN(c3ccccc3)CC2)c1. The monoisotopic (exact) mass is 438 g/mol. The van der Waals surface area contributed by atoms with Crippen LogP contribution in [-0.2, 0) is 17.6 Å². The molecule has 0 spiro atoms. The summed E-state index contributed by atoms with van der Waals surface area (Å²) < 4.78 is 0. The summed E-state index contributed by atoms with van der Waals surface area (Å²) in [5, 5.41) is 0. The Labute approximate surface area is 196 Å². The molecule has 2 heterocycles. The summed E-state index contributed by atoms with van der Waals surface area (Å²) in [6.45, 7) is 5.62. The minimum absolute atomic E-state index is 0.0626. The lowest BCUT2D eigenvalue weighted by atomic mass is 10.1. The second-order valence-corrected chi connectivity index (χ2v) is 8.64. The molecule has 3 aromatic rings. The summed E-state index contributed by atoms with van der Waals surface area (Å²) in [5.74, 6) is 0.856. The Hall–Kier alpha value is -3.60. The van der Waals surface area contributed by atoms with Crippen LogP contribution in [0.5, 0.6) is 0 Å². The zero-order valence-electron chi connectivity index (χ0n) is 19.1. The van der Waals surface area contributed by atoms with E-state index in [4.69, 9.17) is 4.99 Å². The molecule has 0 N–H and O–H groups in total. The number of nitrogens with zero attached hydrogens (tertiary/aromatic N) is 4. The largest absolute Gasteiger partial charge is 0.368 e. The highest BCUT2D eigenvalue weighted by atomic mass is 16.2. The highest BCUT2D eigenvalue weighted by Gasteiger charge is 2.39. The predicted molar refractivity (Wildman–Crippen MR) is 135 cm³/mol. The minimum atomic E-state index is -0.389. The van der Waals surface area contributed by atoms with Gasteiger partial charge in [-0.25, -0.2) is 9.89 Å². The summed E-state index contributed by atoms with van der Waals surface area (Å²) in [7, 11) is 0. The van der Waals surface area contributed by atoms with Gasteiger partial charge in [0.1, 0.15) is 6.04 Å². The molecule has 168 valence electrons. The third-order valence-corrected chi connectivity index (χ3v) is 6.51. The number of para-hydroxylation sites is 1. The van der Waals surface area contributed by atoms with E-state index >= 15 is 0 Å². The third-order valence-electron chi connectivity index (χ3n) is 6.51. The molecule has 1 saturated heterocycles. The van der Waals surface area contributed by atoms with Gasteiger partial charge in [0.25, 0.3) is 5.91 Å². The number of rotatable bonds is 5. The standard InChI is InChI=1S/C28H30N4O/c1-2-22-12-9-15-25(20-22)32-27(33)26(21-23-10-5-3-6-11-23)29-28(32)31-18-16-30(17-19-31)24-13-7-4-8-14-24/h3-15,20,26H,2,16-19,21H2,1H3. The second kappa shape index (κ2) is 9.49. The molecule has 0 aromatic heterocycles. The number of guanidine groups is 1. The lowest BCUT2D eigenvalue weighted by Gasteiger charge is -2.38. The van der Waals surface area contributed by atoms with Crippen molar-refractivity contribution < 1.29 is 4.79 Å². The Bertz CT molecular complexity index is 1120. The number of carbonyl (C=O) groups excluding carboxylic acids is 1. The van der Waals surface area contributed by atoms with Gasteiger partial charge in [-0.2, -0.15) is 0 Å². The fraction of sp³-hybridized carbons (Fsp3) is 0.286. The molecule has 1 atom stereocenters. The molecule has 5 rings (SSSR count). The van der Waals surface area contributed by atoms with Gasteiger partial charge >= 0.3 is 0 Å². The maximum Gasteiger partial charge on any atom is 0.259 e. The van der Waals surface area contributed by atoms with Crippen molar-refractivity contribution in [3.8, 4) is 0 Å². The molecule has 3 aromatic carbocycles. The van der Waals surface area contributed by atoms with E-state index in [2.05, 4.69) is 65.3 Å². The smallest absolute Gasteiger partial charge is 0.259 e. The van der Waals surface area contributed by atoms with Crippen molar-refractivity contribution in [3.05, 3.63) is 96.1 Å². The van der Waals surface area contributed by atoms with Crippen LogP contribution in [0.2, 0.25) is 0 Å². The maximum absolute atomic E-state index is 13.6. The topological polar surface area (TPSA) is 39.2 Å². The molecule has 1 unspecified atom stereocenters. The fourth-order valence-corrected chi connectivity index (χ4v) is 4.65. The summed E-state index contributed by atoms with van der Waals surface area (Å²) in [5.41, 5.74) is 4.52. The lowest BCUT2D eigenvalue weighted by Crippen LogP contribution is -2.53. The summed E-state index contributed by atoms with van der Waals surface area (Å²) in [6.07, 6.45) is 1.56. The Morgan fingerprint density at radius 3 is 2.06 bits per heavy atom. The molecule has 0 saturated carbocycles. The minimum Gasteiger partial charge on any atom is -0.368 e. The Morgan fingerprint density at radius 1 is 0.758 bits per heavy atom. The van der Waals surface area contributed by atoms with Gasteiger partial charge < -0.3 is 9.80 Å². The first-order valence-corrected chi connectivity index (χ1v) is 11.8. The van der Waals surface area contributed by atoms with Gasteiger partial charge in [-0.15, -0.1) is 0 Å². The zero-order chi connectivity index (χ0) is 22.6. The van der Waals surface area contributed by atoms with Gasteiger partial charge in [0, 0.05) is 38.3 Å². The molecule has 1 amide bonds. The van der Waals surface area contributed by atoms with Crippen molar-refractivity contribution in [3.63, 3.8) is 0 Å². The molecule has 2 aliphatic heterocycles. The summed E-state index contributed by atoms with van der Waals surface area (Å²) in [4.78, 5) is 25.2. The molecule has 0 bridgehead atoms. The molecular weight excluding hydrogens is 408 g/mol. The summed E-state index contributed by atoms with van der Waals surface area (Å²) >= 11 is 0. The van der Waals surface area contributed by atoms with Crippen LogP contribution in [0.3, 0.4) is 0 Å². The quantitative estimate of drug-likeness (QED) is 0.593. The number of anilines is 2. The van der Waals surface area contributed by atoms with Crippen LogP contribution in [0.15, 0.2) is 89.9 Å². The van der Waals surface area contributed by atoms with Gasteiger partial charge in [0.2, 0.25) is 5.96 Å². The van der Waals surface area contributed by atoms with Crippen LogP contribution in [0.25, 0.3) is 0 Å². The molecule has 33 heavy (non-hydrogen) atoms. The van der Waals surface area contributed by atoms with Gasteiger partial charge in [0.15, 0.2) is 0 Å². The number of piperazine rings is 1. The molecule has 5 nitrogen and oxygen atoms in total. The van der Waals surface area contributed by atoms with Crippen LogP contribution >= 0.6 is 0 Å². The first kappa shape index (κ1) is 21.3. The lowest BCUT2D eigenvalue weighted by molar-refractivity contribution is -0.118. The number of aryl methyl sites for hydroxylation is 1. The molecule has 5 heteroatoms. The van der Waals surface area contributed by atoms with Crippen molar-refractivity contribution >= 4 is 23.2 Å². The van der Waals surface area contributed by atoms with Crippen molar-refractivity contribution in [2.45, 2.75) is 25.8 Å². The van der Waals surface area contributed by atoms with Crippen LogP contribution in [-0.4, -0.2) is 49.0 Å². The number of benzene rings is 3. The van der Waals surface area contributed by atoms with Crippen LogP contribution < -0.4 is 9.80 Å². The van der Waals surface area contributed by atoms with Crippen molar-refractivity contribution in [2.24, 2.45) is 4.99 Å². The van der Waals surface area contributed by atoms with Crippen molar-refractivity contribution in [2.75, 3.05) is 36.0 Å². The van der Waals surface area contributed by atoms with Gasteiger partial charge in [-0.1, -0.05) is 67.6 Å². The van der Waals surface area contributed by atoms with E-state index in [9.17, 15) is 4.79 Å². The van der Waals surface area contributed by atoms with Crippen LogP contribution in [0.4, 0.5) is 11.4 Å². The zero-order valence-corrected chi connectivity index (χ0v) is 19.1. The number of aliphatic imine (C=N–C) groups is 1. The van der Waals surface area contributed by atoms with E-state index in [0.29, 0.717) is 6.42 Å². The molecule has 0 radical (unpaired) electrons. The molecule has 1 fully saturated rings. The predicted octanol–water partition coefficient (Wildman–Crippen LogP) is 4.39. The number of hydrogen-bond donors (Lipinski definition) is 0. The van der Waals surface area contributed by atoms with Gasteiger partial charge in [-0.3, -0.25) is 4.79 Å². The van der Waals surface area contributed by atoms with Crippen molar-refractivity contribution in [1.29, 1.82) is 0 Å². The van der Waals surface area contributed by atoms with E-state index in [1.807, 2.05) is 41.3 Å². The Morgan fingerprint density at radius 2 is 1.36 bits per heavy atom. The van der Waals surface area contributed by atoms with Crippen LogP contribution in [0.1, 0.15) is 18.1 Å². The second-order valence-electron chi connectivity index (χ2n) is 8.64. The number of amides is 1. The first-order valence-electron chi connectivity index (χ1n) is 11.8. The van der Waals surface area contributed by atoms with E-state index in [1.54, 1.807) is 0 Å². The van der Waals surface area contributed by atoms with E-state index < -0.39 is 0 Å². The number of carbonyl (C=O) groups is 1. The highest BCUT2D eigenvalue weighted by Crippen LogP contribution is 2.27. The number of hydrogen-bond acceptors (Lipinski definition) is 4. The average molecular weight is 439 g/mol. The van der Waals surface area contributed by atoms with Gasteiger partial charge in [0.05, 0.1) is 5.69 Å². The average Bonchev–Trinajstić information content (AvgIpc) is 3.21. The molecular formula is C28H30N4O. The Balaban J connectivity index is 1.41. The van der Waals surface area contributed by atoms with Crippen molar-refractivity contribution in [1.82, 2.24) is 4.90 Å². The van der Waals surface area contributed by atoms with E-state index in [1.165, 1.54) is 11.3 Å². The molecule has 0 aliphatic carbocycles. The van der Waals surface area contributed by atoms with E-state index in [0.717, 1.165) is 49.8 Å².